The van der Waals surface area contributed by atoms with Gasteiger partial charge in [0.1, 0.15) is 0 Å². The summed E-state index contributed by atoms with van der Waals surface area (Å²) in [5.74, 6) is -0.312. The molecule has 0 spiro atoms. The Morgan fingerprint density at radius 1 is 1.38 bits per heavy atom. The lowest BCUT2D eigenvalue weighted by atomic mass is 10.2. The molecule has 0 aliphatic carbocycles. The predicted molar refractivity (Wildman–Crippen MR) is 54.7 cm³/mol. The molecule has 0 fully saturated rings. The van der Waals surface area contributed by atoms with Crippen molar-refractivity contribution in [2.45, 2.75) is 38.4 Å². The highest BCUT2D eigenvalue weighted by Crippen LogP contribution is 2.28. The van der Waals surface area contributed by atoms with Gasteiger partial charge in [-0.25, -0.2) is 0 Å². The Hall–Kier alpha value is -0.0200. The average molecular weight is 207 g/mol. The van der Waals surface area contributed by atoms with Crippen molar-refractivity contribution in [1.29, 1.82) is 0 Å². The second kappa shape index (κ2) is 8.57. The molecule has 2 unspecified atom stereocenters. The van der Waals surface area contributed by atoms with E-state index in [4.69, 9.17) is 16.0 Å². The maximum atomic E-state index is 11.2. The summed E-state index contributed by atoms with van der Waals surface area (Å²) in [5, 5.41) is 0. The van der Waals surface area contributed by atoms with Crippen LogP contribution in [0.3, 0.4) is 0 Å². The van der Waals surface area contributed by atoms with Crippen molar-refractivity contribution in [1.82, 2.24) is 0 Å². The summed E-state index contributed by atoms with van der Waals surface area (Å²) >= 11 is 0. The number of hydrogen-bond acceptors (Lipinski definition) is 4. The van der Waals surface area contributed by atoms with Gasteiger partial charge in [-0.05, 0) is 30.9 Å². The first-order chi connectivity index (χ1) is 6.22. The number of unbranched alkanes of at least 4 members (excludes halogenated alkanes) is 2. The molecule has 4 N–H and O–H groups in total. The molecule has 0 aromatic carbocycles. The Morgan fingerprint density at radius 3 is 2.62 bits per heavy atom. The van der Waals surface area contributed by atoms with E-state index in [1.54, 1.807) is 0 Å². The van der Waals surface area contributed by atoms with Crippen molar-refractivity contribution >= 4 is 8.03 Å². The summed E-state index contributed by atoms with van der Waals surface area (Å²) in [6, 6.07) is 0. The number of nitrogens with two attached hydrogens (primary N) is 2. The summed E-state index contributed by atoms with van der Waals surface area (Å²) in [6.45, 7) is 2.99. The van der Waals surface area contributed by atoms with Gasteiger partial charge < -0.3 is 5.73 Å². The van der Waals surface area contributed by atoms with Gasteiger partial charge in [0.25, 0.3) is 0 Å². The maximum Gasteiger partial charge on any atom is 0.526 e. The quantitative estimate of drug-likeness (QED) is 0.467. The van der Waals surface area contributed by atoms with E-state index in [0.29, 0.717) is 13.2 Å². The number of hydrogen-bond donors (Lipinski definition) is 2. The van der Waals surface area contributed by atoms with Crippen LogP contribution >= 0.6 is 8.03 Å². The monoisotopic (exact) mass is 207 g/mol. The molecule has 78 valence electrons. The molecule has 0 aromatic rings. The highest BCUT2D eigenvalue weighted by Gasteiger charge is 2.27. The standard InChI is InChI=1S/C8H20N2O2P/c1-2-12-13(11)8(10)6-4-3-5-7-9/h8H,2-7,9-10H2,1H3/q+1. The first-order valence-corrected chi connectivity index (χ1v) is 6.02. The fraction of sp³-hybridized carbons (Fsp3) is 1.00. The minimum atomic E-state index is -1.67. The summed E-state index contributed by atoms with van der Waals surface area (Å²) in [7, 11) is -1.67. The molecule has 0 aromatic heterocycles. The zero-order valence-electron chi connectivity index (χ0n) is 8.24. The molecular weight excluding hydrogens is 187 g/mol. The molecule has 5 heteroatoms. The molecule has 2 atom stereocenters. The van der Waals surface area contributed by atoms with Crippen LogP contribution in [-0.4, -0.2) is 18.9 Å². The Kier molecular flexibility index (Phi) is 8.56. The minimum Gasteiger partial charge on any atom is -0.330 e. The molecule has 13 heavy (non-hydrogen) atoms. The Bertz CT molecular complexity index is 144. The van der Waals surface area contributed by atoms with Crippen LogP contribution in [0.2, 0.25) is 0 Å². The molecule has 0 saturated carbocycles. The van der Waals surface area contributed by atoms with E-state index in [-0.39, 0.29) is 5.78 Å². The van der Waals surface area contributed by atoms with Crippen molar-refractivity contribution in [3.05, 3.63) is 0 Å². The van der Waals surface area contributed by atoms with Crippen LogP contribution in [0.4, 0.5) is 0 Å². The van der Waals surface area contributed by atoms with E-state index in [0.717, 1.165) is 25.7 Å². The van der Waals surface area contributed by atoms with E-state index in [1.807, 2.05) is 6.92 Å². The fourth-order valence-electron chi connectivity index (χ4n) is 1.00. The second-order valence-electron chi connectivity index (χ2n) is 2.91. The number of rotatable bonds is 8. The summed E-state index contributed by atoms with van der Waals surface area (Å²) in [5.41, 5.74) is 11.0. The first-order valence-electron chi connectivity index (χ1n) is 4.77. The van der Waals surface area contributed by atoms with Gasteiger partial charge in [-0.15, -0.1) is 4.52 Å². The largest absolute Gasteiger partial charge is 0.526 e. The Morgan fingerprint density at radius 2 is 2.08 bits per heavy atom. The zero-order chi connectivity index (χ0) is 10.1. The zero-order valence-corrected chi connectivity index (χ0v) is 9.13. The maximum absolute atomic E-state index is 11.2. The van der Waals surface area contributed by atoms with E-state index in [9.17, 15) is 4.57 Å². The van der Waals surface area contributed by atoms with Gasteiger partial charge >= 0.3 is 8.03 Å². The van der Waals surface area contributed by atoms with E-state index in [1.165, 1.54) is 0 Å². The molecule has 0 aliphatic heterocycles. The van der Waals surface area contributed by atoms with Gasteiger partial charge in [-0.1, -0.05) is 6.42 Å². The molecule has 0 heterocycles. The van der Waals surface area contributed by atoms with Crippen LogP contribution in [0, 0.1) is 0 Å². The molecule has 0 rings (SSSR count). The van der Waals surface area contributed by atoms with Crippen molar-refractivity contribution in [3.63, 3.8) is 0 Å². The van der Waals surface area contributed by atoms with Crippen LogP contribution in [-0.2, 0) is 9.09 Å². The third-order valence-corrected chi connectivity index (χ3v) is 3.04. The van der Waals surface area contributed by atoms with Crippen LogP contribution in [0.25, 0.3) is 0 Å². The predicted octanol–water partition coefficient (Wildman–Crippen LogP) is 1.57. The Labute approximate surface area is 80.9 Å². The van der Waals surface area contributed by atoms with Crippen LogP contribution in [0.1, 0.15) is 32.6 Å². The highest BCUT2D eigenvalue weighted by atomic mass is 31.1. The van der Waals surface area contributed by atoms with Gasteiger partial charge in [0.15, 0.2) is 0 Å². The van der Waals surface area contributed by atoms with Gasteiger partial charge in [-0.3, -0.25) is 5.73 Å². The Balaban J connectivity index is 3.38. The topological polar surface area (TPSA) is 78.3 Å². The molecular formula is C8H20N2O2P+. The summed E-state index contributed by atoms with van der Waals surface area (Å²) in [4.78, 5) is 0. The van der Waals surface area contributed by atoms with E-state index in [2.05, 4.69) is 0 Å². The van der Waals surface area contributed by atoms with Crippen LogP contribution in [0.5, 0.6) is 0 Å². The fourth-order valence-corrected chi connectivity index (χ4v) is 1.84. The van der Waals surface area contributed by atoms with Gasteiger partial charge in [-0.2, -0.15) is 0 Å². The molecule has 0 bridgehead atoms. The van der Waals surface area contributed by atoms with Crippen molar-refractivity contribution in [2.75, 3.05) is 13.2 Å². The normalized spacial score (nSPS) is 14.2. The van der Waals surface area contributed by atoms with Gasteiger partial charge in [0, 0.05) is 6.42 Å². The first kappa shape index (κ1) is 13.0. The molecule has 0 saturated heterocycles. The minimum absolute atomic E-state index is 0.312. The highest BCUT2D eigenvalue weighted by molar-refractivity contribution is 7.39. The van der Waals surface area contributed by atoms with Gasteiger partial charge in [0.05, 0.1) is 6.61 Å². The van der Waals surface area contributed by atoms with Crippen molar-refractivity contribution < 1.29 is 9.09 Å². The van der Waals surface area contributed by atoms with Gasteiger partial charge in [0.2, 0.25) is 5.78 Å². The van der Waals surface area contributed by atoms with E-state index < -0.39 is 8.03 Å². The van der Waals surface area contributed by atoms with E-state index >= 15 is 0 Å². The van der Waals surface area contributed by atoms with Crippen LogP contribution < -0.4 is 11.5 Å². The molecule has 0 amide bonds. The summed E-state index contributed by atoms with van der Waals surface area (Å²) in [6.07, 6.45) is 3.80. The summed E-state index contributed by atoms with van der Waals surface area (Å²) < 4.78 is 16.1. The lowest BCUT2D eigenvalue weighted by Gasteiger charge is -1.99. The van der Waals surface area contributed by atoms with Crippen LogP contribution in [0.15, 0.2) is 0 Å². The lowest BCUT2D eigenvalue weighted by Crippen LogP contribution is -2.16. The average Bonchev–Trinajstić information content (AvgIpc) is 2.12. The second-order valence-corrected chi connectivity index (χ2v) is 4.40. The smallest absolute Gasteiger partial charge is 0.330 e. The lowest BCUT2D eigenvalue weighted by molar-refractivity contribution is 0.341. The SMILES string of the molecule is CCO[P+](=O)C(N)CCCCCN. The third kappa shape index (κ3) is 7.08. The third-order valence-electron chi connectivity index (χ3n) is 1.73. The van der Waals surface area contributed by atoms with Crippen molar-refractivity contribution in [3.8, 4) is 0 Å². The molecule has 4 nitrogen and oxygen atoms in total. The van der Waals surface area contributed by atoms with Crippen molar-refractivity contribution in [2.24, 2.45) is 11.5 Å². The molecule has 0 aliphatic rings. The molecule has 0 radical (unpaired) electrons.